The number of pyridine rings is 1. The monoisotopic (exact) mass is 297 g/mol. The third-order valence-corrected chi connectivity index (χ3v) is 5.25. The molecule has 1 nitrogen and oxygen atoms in total. The highest BCUT2D eigenvalue weighted by atomic mass is 14.7. The Labute approximate surface area is 136 Å². The van der Waals surface area contributed by atoms with Gasteiger partial charge in [0.1, 0.15) is 0 Å². The van der Waals surface area contributed by atoms with Gasteiger partial charge >= 0.3 is 0 Å². The van der Waals surface area contributed by atoms with Gasteiger partial charge in [0.25, 0.3) is 0 Å². The molecule has 0 spiro atoms. The molecular formula is C22H19N. The quantitative estimate of drug-likeness (QED) is 0.347. The fraction of sp³-hybridized carbons (Fsp3) is 0.227. The lowest BCUT2D eigenvalue weighted by Crippen LogP contribution is -1.95. The molecule has 1 aliphatic rings. The summed E-state index contributed by atoms with van der Waals surface area (Å²) in [6.07, 6.45) is 4.62. The Bertz CT molecular complexity index is 1080. The van der Waals surface area contributed by atoms with Crippen molar-refractivity contribution in [3.8, 4) is 0 Å². The van der Waals surface area contributed by atoms with Crippen molar-refractivity contribution in [2.75, 3.05) is 0 Å². The Morgan fingerprint density at radius 3 is 2.61 bits per heavy atom. The fourth-order valence-electron chi connectivity index (χ4n) is 4.27. The van der Waals surface area contributed by atoms with E-state index in [9.17, 15) is 0 Å². The molecule has 0 atom stereocenters. The Hall–Kier alpha value is -2.41. The lowest BCUT2D eigenvalue weighted by molar-refractivity contribution is 0.935. The SMILES string of the molecule is CCCc1c2ccccc2nc2c1cc1c3c(cccc32)CC1. The van der Waals surface area contributed by atoms with Gasteiger partial charge in [0.15, 0.2) is 0 Å². The number of fused-ring (bicyclic) bond motifs is 3. The molecule has 0 bridgehead atoms. The van der Waals surface area contributed by atoms with Crippen LogP contribution in [-0.4, -0.2) is 4.98 Å². The van der Waals surface area contributed by atoms with Gasteiger partial charge in [-0.15, -0.1) is 0 Å². The van der Waals surface area contributed by atoms with Gasteiger partial charge in [-0.1, -0.05) is 49.7 Å². The maximum Gasteiger partial charge on any atom is 0.0791 e. The second-order valence-electron chi connectivity index (χ2n) is 6.63. The summed E-state index contributed by atoms with van der Waals surface area (Å²) in [5, 5.41) is 5.50. The number of aromatic nitrogens is 1. The third-order valence-electron chi connectivity index (χ3n) is 5.25. The number of para-hydroxylation sites is 1. The largest absolute Gasteiger partial charge is 0.247 e. The van der Waals surface area contributed by atoms with Crippen molar-refractivity contribution >= 4 is 32.6 Å². The van der Waals surface area contributed by atoms with Crippen LogP contribution < -0.4 is 0 Å². The van der Waals surface area contributed by atoms with Gasteiger partial charge in [-0.25, -0.2) is 4.98 Å². The number of benzene rings is 3. The molecule has 0 radical (unpaired) electrons. The van der Waals surface area contributed by atoms with Crippen LogP contribution in [0, 0.1) is 0 Å². The summed E-state index contributed by atoms with van der Waals surface area (Å²) >= 11 is 0. The van der Waals surface area contributed by atoms with E-state index in [0.29, 0.717) is 0 Å². The maximum atomic E-state index is 5.06. The van der Waals surface area contributed by atoms with Crippen molar-refractivity contribution in [1.29, 1.82) is 0 Å². The van der Waals surface area contributed by atoms with Crippen LogP contribution in [-0.2, 0) is 19.3 Å². The smallest absolute Gasteiger partial charge is 0.0791 e. The Morgan fingerprint density at radius 1 is 0.870 bits per heavy atom. The van der Waals surface area contributed by atoms with Crippen LogP contribution in [0.1, 0.15) is 30.0 Å². The summed E-state index contributed by atoms with van der Waals surface area (Å²) in [7, 11) is 0. The van der Waals surface area contributed by atoms with Crippen molar-refractivity contribution < 1.29 is 0 Å². The second-order valence-corrected chi connectivity index (χ2v) is 6.63. The molecule has 112 valence electrons. The van der Waals surface area contributed by atoms with Crippen molar-refractivity contribution in [2.45, 2.75) is 32.6 Å². The molecule has 1 aliphatic carbocycles. The summed E-state index contributed by atoms with van der Waals surface area (Å²) < 4.78 is 0. The highest BCUT2D eigenvalue weighted by Crippen LogP contribution is 2.38. The first-order chi connectivity index (χ1) is 11.4. The predicted octanol–water partition coefficient (Wildman–Crippen LogP) is 5.59. The lowest BCUT2D eigenvalue weighted by atomic mass is 9.94. The average Bonchev–Trinajstić information content (AvgIpc) is 3.00. The Balaban J connectivity index is 2.04. The molecular weight excluding hydrogens is 278 g/mol. The highest BCUT2D eigenvalue weighted by Gasteiger charge is 2.19. The van der Waals surface area contributed by atoms with Gasteiger partial charge in [-0.3, -0.25) is 0 Å². The first-order valence-electron chi connectivity index (χ1n) is 8.61. The van der Waals surface area contributed by atoms with Gasteiger partial charge < -0.3 is 0 Å². The van der Waals surface area contributed by atoms with Gasteiger partial charge in [0, 0.05) is 16.2 Å². The summed E-state index contributed by atoms with van der Waals surface area (Å²) in [5.74, 6) is 0. The molecule has 0 amide bonds. The van der Waals surface area contributed by atoms with E-state index in [4.69, 9.17) is 4.98 Å². The summed E-state index contributed by atoms with van der Waals surface area (Å²) in [6, 6.07) is 17.8. The van der Waals surface area contributed by atoms with Gasteiger partial charge in [0.05, 0.1) is 11.0 Å². The molecule has 0 aliphatic heterocycles. The zero-order valence-electron chi connectivity index (χ0n) is 13.4. The molecule has 4 aromatic rings. The van der Waals surface area contributed by atoms with E-state index in [0.717, 1.165) is 18.4 Å². The van der Waals surface area contributed by atoms with Crippen LogP contribution in [0.2, 0.25) is 0 Å². The first kappa shape index (κ1) is 13.1. The number of hydrogen-bond donors (Lipinski definition) is 0. The highest BCUT2D eigenvalue weighted by molar-refractivity contribution is 6.13. The van der Waals surface area contributed by atoms with E-state index in [1.165, 1.54) is 56.6 Å². The van der Waals surface area contributed by atoms with Crippen molar-refractivity contribution in [3.05, 3.63) is 65.2 Å². The number of nitrogens with zero attached hydrogens (tertiary/aromatic N) is 1. The molecule has 3 aromatic carbocycles. The minimum absolute atomic E-state index is 1.12. The summed E-state index contributed by atoms with van der Waals surface area (Å²) in [5.41, 5.74) is 6.80. The maximum absolute atomic E-state index is 5.06. The predicted molar refractivity (Wildman–Crippen MR) is 98.2 cm³/mol. The average molecular weight is 297 g/mol. The molecule has 1 heterocycles. The second kappa shape index (κ2) is 4.79. The molecule has 23 heavy (non-hydrogen) atoms. The summed E-state index contributed by atoms with van der Waals surface area (Å²) in [4.78, 5) is 5.06. The van der Waals surface area contributed by atoms with E-state index < -0.39 is 0 Å². The molecule has 0 fully saturated rings. The zero-order chi connectivity index (χ0) is 15.4. The van der Waals surface area contributed by atoms with Crippen LogP contribution in [0.25, 0.3) is 32.6 Å². The van der Waals surface area contributed by atoms with Gasteiger partial charge in [-0.05, 0) is 53.5 Å². The Kier molecular flexibility index (Phi) is 2.72. The molecule has 0 N–H and O–H groups in total. The third kappa shape index (κ3) is 1.77. The summed E-state index contributed by atoms with van der Waals surface area (Å²) in [6.45, 7) is 2.26. The van der Waals surface area contributed by atoms with Gasteiger partial charge in [0.2, 0.25) is 0 Å². The van der Waals surface area contributed by atoms with Crippen molar-refractivity contribution in [1.82, 2.24) is 4.98 Å². The fourth-order valence-corrected chi connectivity index (χ4v) is 4.27. The van der Waals surface area contributed by atoms with E-state index in [-0.39, 0.29) is 0 Å². The van der Waals surface area contributed by atoms with E-state index in [1.807, 2.05) is 0 Å². The van der Waals surface area contributed by atoms with Crippen molar-refractivity contribution in [3.63, 3.8) is 0 Å². The molecule has 0 unspecified atom stereocenters. The topological polar surface area (TPSA) is 12.9 Å². The molecule has 0 saturated carbocycles. The van der Waals surface area contributed by atoms with Crippen molar-refractivity contribution in [2.24, 2.45) is 0 Å². The van der Waals surface area contributed by atoms with Crippen LogP contribution in [0.4, 0.5) is 0 Å². The molecule has 5 rings (SSSR count). The molecule has 1 aromatic heterocycles. The minimum atomic E-state index is 1.12. The number of rotatable bonds is 2. The Morgan fingerprint density at radius 2 is 1.70 bits per heavy atom. The molecule has 0 saturated heterocycles. The minimum Gasteiger partial charge on any atom is -0.247 e. The normalized spacial score (nSPS) is 13.4. The van der Waals surface area contributed by atoms with E-state index in [2.05, 4.69) is 55.5 Å². The molecule has 1 heteroatoms. The van der Waals surface area contributed by atoms with Crippen LogP contribution >= 0.6 is 0 Å². The van der Waals surface area contributed by atoms with Crippen LogP contribution in [0.5, 0.6) is 0 Å². The lowest BCUT2D eigenvalue weighted by Gasteiger charge is -2.13. The van der Waals surface area contributed by atoms with E-state index in [1.54, 1.807) is 0 Å². The first-order valence-corrected chi connectivity index (χ1v) is 8.61. The number of hydrogen-bond acceptors (Lipinski definition) is 1. The van der Waals surface area contributed by atoms with Crippen LogP contribution in [0.15, 0.2) is 48.5 Å². The standard InChI is InChI=1S/C22H19N/c1-2-6-16-17-8-3-4-10-20(17)23-22-18-9-5-7-14-11-12-15(21(14)18)13-19(16)22/h3-5,7-10,13H,2,6,11-12H2,1H3. The number of aryl methyl sites for hydroxylation is 3. The zero-order valence-corrected chi connectivity index (χ0v) is 13.4. The van der Waals surface area contributed by atoms with Gasteiger partial charge in [-0.2, -0.15) is 0 Å². The van der Waals surface area contributed by atoms with Crippen LogP contribution in [0.3, 0.4) is 0 Å². The van der Waals surface area contributed by atoms with E-state index >= 15 is 0 Å².